The van der Waals surface area contributed by atoms with Crippen molar-refractivity contribution in [2.24, 2.45) is 16.1 Å². The Labute approximate surface area is 170 Å². The van der Waals surface area contributed by atoms with Crippen LogP contribution in [-0.2, 0) is 4.79 Å². The number of hydrogen-bond acceptors (Lipinski definition) is 4. The van der Waals surface area contributed by atoms with Gasteiger partial charge >= 0.3 is 0 Å². The summed E-state index contributed by atoms with van der Waals surface area (Å²) in [6.45, 7) is 3.94. The van der Waals surface area contributed by atoms with Gasteiger partial charge in [-0.05, 0) is 48.4 Å². The van der Waals surface area contributed by atoms with Gasteiger partial charge in [-0.2, -0.15) is 0 Å². The van der Waals surface area contributed by atoms with Gasteiger partial charge in [-0.1, -0.05) is 29.8 Å². The van der Waals surface area contributed by atoms with Crippen LogP contribution < -0.4 is 5.32 Å². The van der Waals surface area contributed by atoms with Gasteiger partial charge < -0.3 is 15.4 Å². The molecule has 0 bridgehead atoms. The van der Waals surface area contributed by atoms with Gasteiger partial charge in [-0.3, -0.25) is 9.59 Å². The summed E-state index contributed by atoms with van der Waals surface area (Å²) >= 11 is 3.36. The van der Waals surface area contributed by atoms with Crippen molar-refractivity contribution in [3.05, 3.63) is 52.5 Å². The third kappa shape index (κ3) is 4.64. The molecule has 0 saturated carbocycles. The number of halogens is 1. The predicted octanol–water partition coefficient (Wildman–Crippen LogP) is 5.54. The fourth-order valence-electron chi connectivity index (χ4n) is 2.67. The first-order valence-corrected chi connectivity index (χ1v) is 9.49. The maximum absolute atomic E-state index is 12.3. The van der Waals surface area contributed by atoms with E-state index in [9.17, 15) is 14.7 Å². The maximum atomic E-state index is 12.3. The Morgan fingerprint density at radius 3 is 2.57 bits per heavy atom. The average Bonchev–Trinajstić information content (AvgIpc) is 2.94. The zero-order valence-electron chi connectivity index (χ0n) is 15.4. The number of rotatable bonds is 5. The zero-order valence-corrected chi connectivity index (χ0v) is 16.9. The lowest BCUT2D eigenvalue weighted by Crippen LogP contribution is -2.13. The molecule has 3 N–H and O–H groups in total. The molecule has 2 aromatic carbocycles. The third-order valence-electron chi connectivity index (χ3n) is 3.96. The lowest BCUT2D eigenvalue weighted by molar-refractivity contribution is -0.116. The fourth-order valence-corrected chi connectivity index (χ4v) is 3.03. The summed E-state index contributed by atoms with van der Waals surface area (Å²) in [5.74, 6) is -0.519. The number of fused-ring (bicyclic) bond motifs is 1. The number of aromatic nitrogens is 1. The predicted molar refractivity (Wildman–Crippen MR) is 111 cm³/mol. The molecule has 1 aromatic heterocycles. The molecule has 144 valence electrons. The molecule has 0 atom stereocenters. The van der Waals surface area contributed by atoms with E-state index in [1.54, 1.807) is 36.4 Å². The van der Waals surface area contributed by atoms with Crippen molar-refractivity contribution >= 4 is 50.0 Å². The van der Waals surface area contributed by atoms with Crippen LogP contribution in [0.4, 0.5) is 11.4 Å². The minimum Gasteiger partial charge on any atom is -0.493 e. The summed E-state index contributed by atoms with van der Waals surface area (Å²) < 4.78 is 0.817. The van der Waals surface area contributed by atoms with Gasteiger partial charge in [-0.15, -0.1) is 10.2 Å². The smallest absolute Gasteiger partial charge is 0.295 e. The Balaban J connectivity index is 1.74. The summed E-state index contributed by atoms with van der Waals surface area (Å²) in [4.78, 5) is 26.9. The Morgan fingerprint density at radius 1 is 1.18 bits per heavy atom. The summed E-state index contributed by atoms with van der Waals surface area (Å²) in [7, 11) is 0. The van der Waals surface area contributed by atoms with Crippen LogP contribution in [0.5, 0.6) is 5.88 Å². The van der Waals surface area contributed by atoms with Gasteiger partial charge in [0.25, 0.3) is 5.91 Å². The second-order valence-electron chi connectivity index (χ2n) is 6.74. The number of amides is 2. The van der Waals surface area contributed by atoms with Crippen LogP contribution in [0, 0.1) is 5.92 Å². The van der Waals surface area contributed by atoms with Gasteiger partial charge in [-0.25, -0.2) is 0 Å². The molecular formula is C20H19BrN4O3. The maximum Gasteiger partial charge on any atom is 0.295 e. The molecule has 1 heterocycles. The third-order valence-corrected chi connectivity index (χ3v) is 4.46. The van der Waals surface area contributed by atoms with E-state index < -0.39 is 5.91 Å². The van der Waals surface area contributed by atoms with Gasteiger partial charge in [0.1, 0.15) is 0 Å². The molecule has 0 aliphatic carbocycles. The molecule has 0 fully saturated rings. The minimum atomic E-state index is -0.552. The number of azo groups is 1. The van der Waals surface area contributed by atoms with Crippen LogP contribution in [0.2, 0.25) is 0 Å². The zero-order chi connectivity index (χ0) is 20.3. The van der Waals surface area contributed by atoms with E-state index in [1.165, 1.54) is 0 Å². The van der Waals surface area contributed by atoms with E-state index in [1.807, 2.05) is 19.9 Å². The highest BCUT2D eigenvalue weighted by Crippen LogP contribution is 2.36. The quantitative estimate of drug-likeness (QED) is 0.451. The van der Waals surface area contributed by atoms with Gasteiger partial charge in [0.05, 0.1) is 5.52 Å². The number of H-pyrrole nitrogens is 1. The Hall–Kier alpha value is -3.00. The Bertz CT molecular complexity index is 1060. The molecule has 0 aliphatic heterocycles. The largest absolute Gasteiger partial charge is 0.493 e. The van der Waals surface area contributed by atoms with Crippen LogP contribution in [0.3, 0.4) is 0 Å². The number of carbonyl (C=O) groups is 2. The van der Waals surface area contributed by atoms with Gasteiger partial charge in [0.2, 0.25) is 11.8 Å². The van der Waals surface area contributed by atoms with Crippen LogP contribution in [0.25, 0.3) is 10.9 Å². The topological polar surface area (TPSA) is 107 Å². The first kappa shape index (κ1) is 19.8. The molecule has 3 aromatic rings. The lowest BCUT2D eigenvalue weighted by atomic mass is 10.1. The SMILES string of the molecule is CC(C)CC(=O)Nc1ccc(C(=O)N=Nc2c(O)[nH]c3ccc(Br)cc23)cc1. The van der Waals surface area contributed by atoms with Gasteiger partial charge in [0, 0.05) is 27.5 Å². The van der Waals surface area contributed by atoms with Crippen LogP contribution in [0.15, 0.2) is 57.2 Å². The summed E-state index contributed by atoms with van der Waals surface area (Å²) in [6.07, 6.45) is 0.430. The minimum absolute atomic E-state index is 0.0743. The molecule has 3 rings (SSSR count). The number of hydrogen-bond donors (Lipinski definition) is 3. The van der Waals surface area contributed by atoms with Crippen molar-refractivity contribution in [1.29, 1.82) is 0 Å². The summed E-state index contributed by atoms with van der Waals surface area (Å²) in [5.41, 5.74) is 1.81. The number of nitrogens with zero attached hydrogens (tertiary/aromatic N) is 2. The first-order chi connectivity index (χ1) is 13.3. The highest BCUT2D eigenvalue weighted by atomic mass is 79.9. The second kappa shape index (κ2) is 8.35. The number of aromatic hydroxyl groups is 1. The van der Waals surface area contributed by atoms with E-state index >= 15 is 0 Å². The molecule has 0 radical (unpaired) electrons. The van der Waals surface area contributed by atoms with Crippen LogP contribution in [-0.4, -0.2) is 21.9 Å². The van der Waals surface area contributed by atoms with E-state index in [0.29, 0.717) is 28.6 Å². The molecule has 0 unspecified atom stereocenters. The van der Waals surface area contributed by atoms with Crippen molar-refractivity contribution in [1.82, 2.24) is 4.98 Å². The monoisotopic (exact) mass is 442 g/mol. The van der Waals surface area contributed by atoms with Crippen LogP contribution in [0.1, 0.15) is 30.6 Å². The fraction of sp³-hybridized carbons (Fsp3) is 0.200. The molecule has 0 saturated heterocycles. The highest BCUT2D eigenvalue weighted by Gasteiger charge is 2.12. The Morgan fingerprint density at radius 2 is 1.89 bits per heavy atom. The van der Waals surface area contributed by atoms with Crippen molar-refractivity contribution in [2.45, 2.75) is 20.3 Å². The first-order valence-electron chi connectivity index (χ1n) is 8.69. The Kier molecular flexibility index (Phi) is 5.89. The van der Waals surface area contributed by atoms with E-state index in [-0.39, 0.29) is 23.4 Å². The van der Waals surface area contributed by atoms with Gasteiger partial charge in [0.15, 0.2) is 5.69 Å². The number of benzene rings is 2. The standard InChI is InChI=1S/C20H19BrN4O3/c1-11(2)9-17(26)22-14-6-3-12(4-7-14)19(27)25-24-18-15-10-13(21)5-8-16(15)23-20(18)28/h3-8,10-11,23,28H,9H2,1-2H3,(H,22,26). The van der Waals surface area contributed by atoms with E-state index in [0.717, 1.165) is 4.47 Å². The van der Waals surface area contributed by atoms with Crippen LogP contribution >= 0.6 is 15.9 Å². The summed E-state index contributed by atoms with van der Waals surface area (Å²) in [6, 6.07) is 11.8. The van der Waals surface area contributed by atoms with Crippen molar-refractivity contribution in [3.63, 3.8) is 0 Å². The lowest BCUT2D eigenvalue weighted by Gasteiger charge is -2.07. The number of anilines is 1. The number of aromatic amines is 1. The van der Waals surface area contributed by atoms with Crippen molar-refractivity contribution in [2.75, 3.05) is 5.32 Å². The van der Waals surface area contributed by atoms with Crippen molar-refractivity contribution in [3.8, 4) is 5.88 Å². The number of carbonyl (C=O) groups excluding carboxylic acids is 2. The average molecular weight is 443 g/mol. The molecule has 0 aliphatic rings. The summed E-state index contributed by atoms with van der Waals surface area (Å²) in [5, 5.41) is 21.1. The molecule has 8 heteroatoms. The molecule has 7 nitrogen and oxygen atoms in total. The van der Waals surface area contributed by atoms with E-state index in [2.05, 4.69) is 36.5 Å². The molecule has 0 spiro atoms. The number of nitrogens with one attached hydrogen (secondary N) is 2. The highest BCUT2D eigenvalue weighted by molar-refractivity contribution is 9.10. The van der Waals surface area contributed by atoms with E-state index in [4.69, 9.17) is 0 Å². The molecule has 28 heavy (non-hydrogen) atoms. The molecular weight excluding hydrogens is 424 g/mol. The normalized spacial score (nSPS) is 11.4. The second-order valence-corrected chi connectivity index (χ2v) is 7.66. The van der Waals surface area contributed by atoms with Crippen molar-refractivity contribution < 1.29 is 14.7 Å². The molecule has 2 amide bonds.